The lowest BCUT2D eigenvalue weighted by Gasteiger charge is -2.16. The number of hydrogen-bond acceptors (Lipinski definition) is 5. The van der Waals surface area contributed by atoms with Crippen LogP contribution in [0.2, 0.25) is 0 Å². The highest BCUT2D eigenvalue weighted by atomic mass is 32.2. The number of ether oxygens (including phenoxy) is 1. The quantitative estimate of drug-likeness (QED) is 0.649. The van der Waals surface area contributed by atoms with E-state index < -0.39 is 10.0 Å². The number of rotatable bonds is 6. The molecule has 1 aliphatic heterocycles. The van der Waals surface area contributed by atoms with Crippen LogP contribution in [-0.2, 0) is 23.1 Å². The van der Waals surface area contributed by atoms with Crippen molar-refractivity contribution in [3.05, 3.63) is 77.5 Å². The summed E-state index contributed by atoms with van der Waals surface area (Å²) in [5.41, 5.74) is 1.45. The van der Waals surface area contributed by atoms with Crippen LogP contribution in [0.25, 0.3) is 0 Å². The third-order valence-corrected chi connectivity index (χ3v) is 6.25. The van der Waals surface area contributed by atoms with E-state index >= 15 is 0 Å². The Morgan fingerprint density at radius 1 is 1.17 bits per heavy atom. The molecular formula is C21H19FN2O5S. The molecule has 156 valence electrons. The highest BCUT2D eigenvalue weighted by Gasteiger charge is 2.28. The van der Waals surface area contributed by atoms with E-state index in [1.165, 1.54) is 37.4 Å². The number of sulfonamides is 1. The van der Waals surface area contributed by atoms with Gasteiger partial charge in [0.2, 0.25) is 10.0 Å². The first kappa shape index (κ1) is 20.1. The van der Waals surface area contributed by atoms with Crippen LogP contribution in [0.15, 0.2) is 63.9 Å². The summed E-state index contributed by atoms with van der Waals surface area (Å²) in [6, 6.07) is 13.5. The van der Waals surface area contributed by atoms with Crippen molar-refractivity contribution < 1.29 is 26.8 Å². The van der Waals surface area contributed by atoms with Crippen LogP contribution in [-0.4, -0.2) is 27.9 Å². The number of fused-ring (bicyclic) bond motifs is 1. The van der Waals surface area contributed by atoms with Gasteiger partial charge in [0.05, 0.1) is 4.90 Å². The number of amides is 1. The van der Waals surface area contributed by atoms with Crippen LogP contribution >= 0.6 is 0 Å². The van der Waals surface area contributed by atoms with Crippen LogP contribution in [0, 0.1) is 5.82 Å². The molecule has 0 fully saturated rings. The molecule has 1 N–H and O–H groups in total. The molecule has 0 saturated heterocycles. The Morgan fingerprint density at radius 2 is 1.93 bits per heavy atom. The number of benzene rings is 2. The average molecular weight is 430 g/mol. The van der Waals surface area contributed by atoms with Crippen molar-refractivity contribution in [2.24, 2.45) is 0 Å². The zero-order valence-electron chi connectivity index (χ0n) is 16.1. The Morgan fingerprint density at radius 3 is 2.67 bits per heavy atom. The molecule has 1 aromatic heterocycles. The van der Waals surface area contributed by atoms with Crippen LogP contribution in [0.1, 0.15) is 21.9 Å². The second-order valence-corrected chi connectivity index (χ2v) is 8.60. The first-order valence-corrected chi connectivity index (χ1v) is 10.7. The van der Waals surface area contributed by atoms with Crippen molar-refractivity contribution in [3.63, 3.8) is 0 Å². The second-order valence-electron chi connectivity index (χ2n) is 6.71. The first-order chi connectivity index (χ1) is 14.4. The highest BCUT2D eigenvalue weighted by molar-refractivity contribution is 7.89. The van der Waals surface area contributed by atoms with Crippen LogP contribution in [0.5, 0.6) is 5.75 Å². The van der Waals surface area contributed by atoms with E-state index in [2.05, 4.69) is 4.72 Å². The fourth-order valence-electron chi connectivity index (χ4n) is 3.26. The third kappa shape index (κ3) is 3.94. The first-order valence-electron chi connectivity index (χ1n) is 9.23. The van der Waals surface area contributed by atoms with Gasteiger partial charge >= 0.3 is 0 Å². The molecule has 2 aromatic carbocycles. The van der Waals surface area contributed by atoms with Crippen molar-refractivity contribution in [1.82, 2.24) is 4.72 Å². The number of carbonyl (C=O) groups excluding carboxylic acids is 1. The summed E-state index contributed by atoms with van der Waals surface area (Å²) in [7, 11) is -2.19. The zero-order valence-corrected chi connectivity index (χ0v) is 16.9. The van der Waals surface area contributed by atoms with Gasteiger partial charge in [-0.15, -0.1) is 0 Å². The van der Waals surface area contributed by atoms with E-state index in [1.54, 1.807) is 29.2 Å². The van der Waals surface area contributed by atoms with Gasteiger partial charge < -0.3 is 14.1 Å². The summed E-state index contributed by atoms with van der Waals surface area (Å²) in [6.45, 7) is 0.528. The molecule has 2 heterocycles. The number of hydrogen-bond donors (Lipinski definition) is 1. The minimum Gasteiger partial charge on any atom is -0.486 e. The van der Waals surface area contributed by atoms with Gasteiger partial charge in [-0.2, -0.15) is 0 Å². The topological polar surface area (TPSA) is 88.9 Å². The monoisotopic (exact) mass is 430 g/mol. The predicted molar refractivity (Wildman–Crippen MR) is 108 cm³/mol. The summed E-state index contributed by atoms with van der Waals surface area (Å²) in [5.74, 6) is 0.437. The van der Waals surface area contributed by atoms with Crippen molar-refractivity contribution in [3.8, 4) is 5.75 Å². The molecule has 0 unspecified atom stereocenters. The van der Waals surface area contributed by atoms with Gasteiger partial charge in [0.25, 0.3) is 5.91 Å². The SMILES string of the molecule is CNS(=O)(=O)c1ccc2c(c1)CCN2C(=O)c1ccc(COc2ccc(F)cc2)o1. The Bertz CT molecular complexity index is 1190. The molecule has 30 heavy (non-hydrogen) atoms. The minimum atomic E-state index is -3.54. The molecule has 0 aliphatic carbocycles. The Labute approximate surface area is 173 Å². The standard InChI is InChI=1S/C21H19FN2O5S/c1-23-30(26,27)18-7-8-19-14(12-18)10-11-24(19)21(25)20-9-6-17(29-20)13-28-16-4-2-15(22)3-5-16/h2-9,12,23H,10-11,13H2,1H3. The van der Waals surface area contributed by atoms with E-state index in [4.69, 9.17) is 9.15 Å². The normalized spacial score (nSPS) is 13.3. The van der Waals surface area contributed by atoms with Crippen molar-refractivity contribution in [1.29, 1.82) is 0 Å². The number of nitrogens with one attached hydrogen (secondary N) is 1. The number of halogens is 1. The maximum absolute atomic E-state index is 12.9. The van der Waals surface area contributed by atoms with E-state index in [9.17, 15) is 17.6 Å². The Balaban J connectivity index is 1.47. The molecule has 0 bridgehead atoms. The lowest BCUT2D eigenvalue weighted by molar-refractivity contribution is 0.0958. The fourth-order valence-corrected chi connectivity index (χ4v) is 4.04. The maximum Gasteiger partial charge on any atom is 0.293 e. The lowest BCUT2D eigenvalue weighted by Crippen LogP contribution is -2.28. The smallest absolute Gasteiger partial charge is 0.293 e. The van der Waals surface area contributed by atoms with Crippen molar-refractivity contribution in [2.75, 3.05) is 18.5 Å². The van der Waals surface area contributed by atoms with Gasteiger partial charge in [-0.05, 0) is 73.6 Å². The summed E-state index contributed by atoms with van der Waals surface area (Å²) in [6.07, 6.45) is 0.551. The third-order valence-electron chi connectivity index (χ3n) is 4.84. The number of carbonyl (C=O) groups is 1. The van der Waals surface area contributed by atoms with Gasteiger partial charge in [-0.1, -0.05) is 0 Å². The van der Waals surface area contributed by atoms with Crippen molar-refractivity contribution in [2.45, 2.75) is 17.9 Å². The van der Waals surface area contributed by atoms with Crippen LogP contribution < -0.4 is 14.4 Å². The molecular weight excluding hydrogens is 411 g/mol. The summed E-state index contributed by atoms with van der Waals surface area (Å²) >= 11 is 0. The number of furan rings is 1. The highest BCUT2D eigenvalue weighted by Crippen LogP contribution is 2.31. The maximum atomic E-state index is 12.9. The van der Waals surface area contributed by atoms with Crippen LogP contribution in [0.3, 0.4) is 0 Å². The second kappa shape index (κ2) is 7.92. The summed E-state index contributed by atoms with van der Waals surface area (Å²) in [5, 5.41) is 0. The average Bonchev–Trinajstić information content (AvgIpc) is 3.39. The molecule has 0 spiro atoms. The van der Waals surface area contributed by atoms with E-state index in [0.717, 1.165) is 5.56 Å². The molecule has 1 amide bonds. The Kier molecular flexibility index (Phi) is 5.31. The molecule has 0 radical (unpaired) electrons. The van der Waals surface area contributed by atoms with E-state index in [-0.39, 0.29) is 29.0 Å². The van der Waals surface area contributed by atoms with Gasteiger partial charge in [-0.3, -0.25) is 4.79 Å². The van der Waals surface area contributed by atoms with Crippen molar-refractivity contribution >= 4 is 21.6 Å². The minimum absolute atomic E-state index is 0.0980. The van der Waals surface area contributed by atoms with Gasteiger partial charge in [0, 0.05) is 12.2 Å². The van der Waals surface area contributed by atoms with Gasteiger partial charge in [0.15, 0.2) is 5.76 Å². The lowest BCUT2D eigenvalue weighted by atomic mass is 10.2. The van der Waals surface area contributed by atoms with Gasteiger partial charge in [-0.25, -0.2) is 17.5 Å². The molecule has 3 aromatic rings. The molecule has 9 heteroatoms. The molecule has 4 rings (SSSR count). The molecule has 7 nitrogen and oxygen atoms in total. The van der Waals surface area contributed by atoms with E-state index in [1.807, 2.05) is 0 Å². The fraction of sp³-hybridized carbons (Fsp3) is 0.190. The zero-order chi connectivity index (χ0) is 21.3. The molecule has 0 saturated carbocycles. The summed E-state index contributed by atoms with van der Waals surface area (Å²) < 4.78 is 50.3. The molecule has 0 atom stereocenters. The summed E-state index contributed by atoms with van der Waals surface area (Å²) in [4.78, 5) is 14.6. The molecule has 1 aliphatic rings. The Hall–Kier alpha value is -3.17. The van der Waals surface area contributed by atoms with Crippen LogP contribution in [0.4, 0.5) is 10.1 Å². The number of anilines is 1. The predicted octanol–water partition coefficient (Wildman–Crippen LogP) is 3.11. The number of nitrogens with zero attached hydrogens (tertiary/aromatic N) is 1. The van der Waals surface area contributed by atoms with E-state index in [0.29, 0.717) is 30.2 Å². The largest absolute Gasteiger partial charge is 0.486 e. The van der Waals surface area contributed by atoms with Gasteiger partial charge in [0.1, 0.15) is 23.9 Å².